The van der Waals surface area contributed by atoms with Crippen molar-refractivity contribution >= 4 is 22.7 Å². The zero-order chi connectivity index (χ0) is 17.5. The Morgan fingerprint density at radius 2 is 1.79 bits per heavy atom. The van der Waals surface area contributed by atoms with E-state index in [9.17, 15) is 9.59 Å². The van der Waals surface area contributed by atoms with Crippen LogP contribution in [0.3, 0.4) is 0 Å². The van der Waals surface area contributed by atoms with Crippen molar-refractivity contribution in [2.45, 2.75) is 20.4 Å². The third-order valence-electron chi connectivity index (χ3n) is 3.60. The van der Waals surface area contributed by atoms with E-state index in [0.29, 0.717) is 19.0 Å². The number of urea groups is 1. The van der Waals surface area contributed by atoms with E-state index in [-0.39, 0.29) is 12.5 Å². The fraction of sp³-hybridized carbons (Fsp3) is 0.368. The number of nitrogens with one attached hydrogen (secondary N) is 2. The van der Waals surface area contributed by atoms with Crippen LogP contribution < -0.4 is 10.6 Å². The van der Waals surface area contributed by atoms with Crippen molar-refractivity contribution in [3.63, 3.8) is 0 Å². The summed E-state index contributed by atoms with van der Waals surface area (Å²) in [5, 5.41) is 7.40. The molecule has 0 heterocycles. The van der Waals surface area contributed by atoms with E-state index in [1.807, 2.05) is 37.9 Å². The minimum Gasteiger partial charge on any atom is -0.338 e. The van der Waals surface area contributed by atoms with Crippen LogP contribution in [0.2, 0.25) is 0 Å². The first-order valence-electron chi connectivity index (χ1n) is 8.18. The Bertz CT molecular complexity index is 713. The fourth-order valence-corrected chi connectivity index (χ4v) is 2.46. The maximum absolute atomic E-state index is 11.9. The van der Waals surface area contributed by atoms with Gasteiger partial charge in [-0.05, 0) is 35.4 Å². The van der Waals surface area contributed by atoms with Crippen LogP contribution in [0.4, 0.5) is 4.79 Å². The second-order valence-corrected chi connectivity index (χ2v) is 6.51. The molecule has 0 spiro atoms. The minimum absolute atomic E-state index is 0.169. The summed E-state index contributed by atoms with van der Waals surface area (Å²) in [4.78, 5) is 25.4. The summed E-state index contributed by atoms with van der Waals surface area (Å²) in [6, 6.07) is 14.0. The maximum Gasteiger partial charge on any atom is 0.321 e. The monoisotopic (exact) mass is 327 g/mol. The van der Waals surface area contributed by atoms with Gasteiger partial charge < -0.3 is 5.32 Å². The molecular formula is C19H25N3O2. The smallest absolute Gasteiger partial charge is 0.321 e. The fourth-order valence-electron chi connectivity index (χ4n) is 2.46. The van der Waals surface area contributed by atoms with Gasteiger partial charge in [0, 0.05) is 13.1 Å². The second kappa shape index (κ2) is 8.45. The van der Waals surface area contributed by atoms with E-state index in [4.69, 9.17) is 0 Å². The average molecular weight is 327 g/mol. The highest BCUT2D eigenvalue weighted by molar-refractivity contribution is 5.95. The quantitative estimate of drug-likeness (QED) is 0.857. The zero-order valence-electron chi connectivity index (χ0n) is 14.5. The van der Waals surface area contributed by atoms with Crippen molar-refractivity contribution in [3.05, 3.63) is 48.0 Å². The molecule has 0 aliphatic rings. The first-order chi connectivity index (χ1) is 11.4. The van der Waals surface area contributed by atoms with Crippen LogP contribution in [0, 0.1) is 5.92 Å². The van der Waals surface area contributed by atoms with Crippen LogP contribution in [-0.2, 0) is 11.3 Å². The highest BCUT2D eigenvalue weighted by Gasteiger charge is 2.11. The number of hydrogen-bond acceptors (Lipinski definition) is 3. The predicted octanol–water partition coefficient (Wildman–Crippen LogP) is 2.75. The summed E-state index contributed by atoms with van der Waals surface area (Å²) in [6.07, 6.45) is 0. The van der Waals surface area contributed by atoms with Crippen molar-refractivity contribution in [1.82, 2.24) is 15.5 Å². The highest BCUT2D eigenvalue weighted by atomic mass is 16.2. The van der Waals surface area contributed by atoms with Crippen molar-refractivity contribution < 1.29 is 9.59 Å². The van der Waals surface area contributed by atoms with Crippen LogP contribution >= 0.6 is 0 Å². The van der Waals surface area contributed by atoms with Gasteiger partial charge in [0.15, 0.2) is 0 Å². The molecular weight excluding hydrogens is 302 g/mol. The first kappa shape index (κ1) is 17.9. The normalized spacial score (nSPS) is 11.0. The molecule has 0 aliphatic heterocycles. The number of benzene rings is 2. The van der Waals surface area contributed by atoms with E-state index in [1.165, 1.54) is 10.8 Å². The van der Waals surface area contributed by atoms with Gasteiger partial charge in [-0.25, -0.2) is 4.79 Å². The molecule has 0 aliphatic carbocycles. The standard InChI is InChI=1S/C19H25N3O2/c1-14(2)11-20-19(24)21-18(23)13-22(3)12-15-8-9-16-6-4-5-7-17(16)10-15/h4-10,14H,11-13H2,1-3H3,(H2,20,21,23,24). The van der Waals surface area contributed by atoms with E-state index < -0.39 is 6.03 Å². The average Bonchev–Trinajstić information content (AvgIpc) is 2.52. The third kappa shape index (κ3) is 5.66. The van der Waals surface area contributed by atoms with Crippen LogP contribution in [0.5, 0.6) is 0 Å². The first-order valence-corrected chi connectivity index (χ1v) is 8.18. The maximum atomic E-state index is 11.9. The third-order valence-corrected chi connectivity index (χ3v) is 3.60. The molecule has 5 heteroatoms. The van der Waals surface area contributed by atoms with Crippen molar-refractivity contribution in [3.8, 4) is 0 Å². The van der Waals surface area contributed by atoms with E-state index in [2.05, 4.69) is 41.0 Å². The number of carbonyl (C=O) groups is 2. The zero-order valence-corrected chi connectivity index (χ0v) is 14.5. The SMILES string of the molecule is CC(C)CNC(=O)NC(=O)CN(C)Cc1ccc2ccccc2c1. The van der Waals surface area contributed by atoms with Crippen LogP contribution in [0.15, 0.2) is 42.5 Å². The minimum atomic E-state index is -0.437. The highest BCUT2D eigenvalue weighted by Crippen LogP contribution is 2.16. The number of nitrogens with zero attached hydrogens (tertiary/aromatic N) is 1. The van der Waals surface area contributed by atoms with Gasteiger partial charge >= 0.3 is 6.03 Å². The summed E-state index contributed by atoms with van der Waals surface area (Å²) in [5.74, 6) is 0.0426. The van der Waals surface area contributed by atoms with E-state index in [1.54, 1.807) is 0 Å². The molecule has 2 rings (SSSR count). The summed E-state index contributed by atoms with van der Waals surface area (Å²) in [7, 11) is 1.86. The van der Waals surface area contributed by atoms with Crippen molar-refractivity contribution in [2.24, 2.45) is 5.92 Å². The number of hydrogen-bond donors (Lipinski definition) is 2. The van der Waals surface area contributed by atoms with Gasteiger partial charge in [-0.3, -0.25) is 15.0 Å². The molecule has 0 bridgehead atoms. The number of imide groups is 1. The van der Waals surface area contributed by atoms with E-state index in [0.717, 1.165) is 5.56 Å². The Morgan fingerprint density at radius 3 is 2.50 bits per heavy atom. The van der Waals surface area contributed by atoms with Gasteiger partial charge in [0.05, 0.1) is 6.54 Å². The Balaban J connectivity index is 1.84. The largest absolute Gasteiger partial charge is 0.338 e. The lowest BCUT2D eigenvalue weighted by atomic mass is 10.1. The van der Waals surface area contributed by atoms with Gasteiger partial charge in [0.1, 0.15) is 0 Å². The molecule has 2 N–H and O–H groups in total. The Kier molecular flexibility index (Phi) is 6.32. The van der Waals surface area contributed by atoms with Gasteiger partial charge in [-0.15, -0.1) is 0 Å². The molecule has 0 atom stereocenters. The summed E-state index contributed by atoms with van der Waals surface area (Å²) in [6.45, 7) is 5.36. The molecule has 5 nitrogen and oxygen atoms in total. The topological polar surface area (TPSA) is 61.4 Å². The lowest BCUT2D eigenvalue weighted by Gasteiger charge is -2.16. The van der Waals surface area contributed by atoms with Crippen LogP contribution in [0.1, 0.15) is 19.4 Å². The molecule has 0 radical (unpaired) electrons. The number of amides is 3. The van der Waals surface area contributed by atoms with Gasteiger partial charge in [0.25, 0.3) is 0 Å². The van der Waals surface area contributed by atoms with Crippen LogP contribution in [0.25, 0.3) is 10.8 Å². The Hall–Kier alpha value is -2.40. The molecule has 0 fully saturated rings. The molecule has 3 amide bonds. The molecule has 0 unspecified atom stereocenters. The lowest BCUT2D eigenvalue weighted by molar-refractivity contribution is -0.120. The molecule has 24 heavy (non-hydrogen) atoms. The van der Waals surface area contributed by atoms with Gasteiger partial charge in [-0.2, -0.15) is 0 Å². The number of rotatable bonds is 6. The number of carbonyl (C=O) groups excluding carboxylic acids is 2. The predicted molar refractivity (Wildman–Crippen MR) is 96.7 cm³/mol. The number of likely N-dealkylation sites (N-methyl/N-ethyl adjacent to an activating group) is 1. The molecule has 128 valence electrons. The van der Waals surface area contributed by atoms with Gasteiger partial charge in [0.2, 0.25) is 5.91 Å². The molecule has 0 saturated heterocycles. The van der Waals surface area contributed by atoms with Crippen LogP contribution in [-0.4, -0.2) is 37.0 Å². The summed E-state index contributed by atoms with van der Waals surface area (Å²) < 4.78 is 0. The number of fused-ring (bicyclic) bond motifs is 1. The van der Waals surface area contributed by atoms with Gasteiger partial charge in [-0.1, -0.05) is 50.2 Å². The molecule has 2 aromatic carbocycles. The second-order valence-electron chi connectivity index (χ2n) is 6.51. The Labute approximate surface area is 143 Å². The van der Waals surface area contributed by atoms with E-state index >= 15 is 0 Å². The molecule has 0 saturated carbocycles. The molecule has 2 aromatic rings. The lowest BCUT2D eigenvalue weighted by Crippen LogP contribution is -2.44. The Morgan fingerprint density at radius 1 is 1.08 bits per heavy atom. The summed E-state index contributed by atoms with van der Waals surface area (Å²) in [5.41, 5.74) is 1.13. The summed E-state index contributed by atoms with van der Waals surface area (Å²) >= 11 is 0. The van der Waals surface area contributed by atoms with Crippen molar-refractivity contribution in [1.29, 1.82) is 0 Å². The van der Waals surface area contributed by atoms with Crippen molar-refractivity contribution in [2.75, 3.05) is 20.1 Å². The molecule has 0 aromatic heterocycles.